The third-order valence-electron chi connectivity index (χ3n) is 5.82. The summed E-state index contributed by atoms with van der Waals surface area (Å²) in [7, 11) is 0. The summed E-state index contributed by atoms with van der Waals surface area (Å²) in [6.07, 6.45) is 0.198. The van der Waals surface area contributed by atoms with Gasteiger partial charge in [0.05, 0.1) is 11.8 Å². The van der Waals surface area contributed by atoms with Crippen LogP contribution in [0.3, 0.4) is 0 Å². The van der Waals surface area contributed by atoms with Crippen molar-refractivity contribution in [3.8, 4) is 0 Å². The van der Waals surface area contributed by atoms with Crippen molar-refractivity contribution < 1.29 is 28.8 Å². The van der Waals surface area contributed by atoms with Gasteiger partial charge in [0, 0.05) is 37.1 Å². The predicted octanol–water partition coefficient (Wildman–Crippen LogP) is 2.96. The van der Waals surface area contributed by atoms with Crippen molar-refractivity contribution in [3.63, 3.8) is 0 Å². The standard InChI is InChI=1S/C28H32N2O6/c1-19(31)23(27(35)21-9-5-3-6-10-21)13-15-25(33)29-17-18-30-26(34)16-14-24(20(2)32)28(36)22-11-7-4-8-12-22/h3-12,23-24H,13-18H2,1-2H3,(H,29,33)(H,30,34). The summed E-state index contributed by atoms with van der Waals surface area (Å²) in [5, 5.41) is 5.30. The maximum absolute atomic E-state index is 12.6. The van der Waals surface area contributed by atoms with Gasteiger partial charge in [-0.15, -0.1) is 0 Å². The van der Waals surface area contributed by atoms with Gasteiger partial charge < -0.3 is 10.6 Å². The van der Waals surface area contributed by atoms with Gasteiger partial charge in [-0.25, -0.2) is 0 Å². The molecule has 8 heteroatoms. The lowest BCUT2D eigenvalue weighted by molar-refractivity contribution is -0.124. The number of nitrogens with one attached hydrogen (secondary N) is 2. The minimum atomic E-state index is -0.884. The Morgan fingerprint density at radius 3 is 1.22 bits per heavy atom. The molecule has 36 heavy (non-hydrogen) atoms. The number of carbonyl (C=O) groups is 6. The van der Waals surface area contributed by atoms with Crippen LogP contribution in [0.15, 0.2) is 60.7 Å². The van der Waals surface area contributed by atoms with Crippen LogP contribution in [0, 0.1) is 11.8 Å². The van der Waals surface area contributed by atoms with Gasteiger partial charge in [-0.1, -0.05) is 60.7 Å². The van der Waals surface area contributed by atoms with Crippen molar-refractivity contribution in [3.05, 3.63) is 71.8 Å². The van der Waals surface area contributed by atoms with Gasteiger partial charge in [-0.3, -0.25) is 28.8 Å². The topological polar surface area (TPSA) is 126 Å². The Bertz CT molecular complexity index is 994. The Balaban J connectivity index is 1.71. The van der Waals surface area contributed by atoms with E-state index in [9.17, 15) is 28.8 Å². The van der Waals surface area contributed by atoms with Crippen molar-refractivity contribution >= 4 is 34.9 Å². The van der Waals surface area contributed by atoms with Gasteiger partial charge in [-0.05, 0) is 26.7 Å². The lowest BCUT2D eigenvalue weighted by Crippen LogP contribution is -2.35. The predicted molar refractivity (Wildman–Crippen MR) is 134 cm³/mol. The maximum atomic E-state index is 12.6. The van der Waals surface area contributed by atoms with Gasteiger partial charge >= 0.3 is 0 Å². The zero-order chi connectivity index (χ0) is 26.5. The molecule has 2 atom stereocenters. The number of carbonyl (C=O) groups excluding carboxylic acids is 6. The summed E-state index contributed by atoms with van der Waals surface area (Å²) in [5.74, 6) is -3.63. The fourth-order valence-electron chi connectivity index (χ4n) is 3.78. The van der Waals surface area contributed by atoms with E-state index >= 15 is 0 Å². The van der Waals surface area contributed by atoms with Crippen molar-refractivity contribution in [1.29, 1.82) is 0 Å². The third kappa shape index (κ3) is 9.02. The van der Waals surface area contributed by atoms with Gasteiger partial charge in [0.2, 0.25) is 11.8 Å². The molecule has 0 bridgehead atoms. The summed E-state index contributed by atoms with van der Waals surface area (Å²) >= 11 is 0. The monoisotopic (exact) mass is 492 g/mol. The molecule has 0 radical (unpaired) electrons. The van der Waals surface area contributed by atoms with Crippen molar-refractivity contribution in [2.75, 3.05) is 13.1 Å². The number of benzene rings is 2. The highest BCUT2D eigenvalue weighted by atomic mass is 16.2. The molecule has 0 saturated carbocycles. The van der Waals surface area contributed by atoms with Crippen LogP contribution in [0.5, 0.6) is 0 Å². The van der Waals surface area contributed by atoms with Crippen molar-refractivity contribution in [2.45, 2.75) is 39.5 Å². The second-order valence-electron chi connectivity index (χ2n) is 8.56. The number of hydrogen-bond donors (Lipinski definition) is 2. The first kappa shape index (κ1) is 28.3. The van der Waals surface area contributed by atoms with Gasteiger partial charge in [0.1, 0.15) is 11.6 Å². The highest BCUT2D eigenvalue weighted by molar-refractivity contribution is 6.10. The molecule has 8 nitrogen and oxygen atoms in total. The first-order valence-electron chi connectivity index (χ1n) is 11.9. The average Bonchev–Trinajstić information content (AvgIpc) is 2.87. The molecule has 0 spiro atoms. The Hall–Kier alpha value is -3.94. The quantitative estimate of drug-likeness (QED) is 0.224. The molecule has 0 aliphatic carbocycles. The molecule has 0 aliphatic rings. The smallest absolute Gasteiger partial charge is 0.220 e. The van der Waals surface area contributed by atoms with Crippen LogP contribution >= 0.6 is 0 Å². The number of Topliss-reactive ketones (excluding diaryl/α,β-unsaturated/α-hetero) is 4. The summed E-state index contributed by atoms with van der Waals surface area (Å²) in [6.45, 7) is 3.01. The SMILES string of the molecule is CC(=O)C(CCC(=O)NCCNC(=O)CCC(C(C)=O)C(=O)c1ccccc1)C(=O)c1ccccc1. The maximum Gasteiger partial charge on any atom is 0.220 e. The number of ketones is 4. The van der Waals surface area contributed by atoms with Crippen LogP contribution < -0.4 is 10.6 Å². The highest BCUT2D eigenvalue weighted by Crippen LogP contribution is 2.17. The Labute approximate surface area is 210 Å². The summed E-state index contributed by atoms with van der Waals surface area (Å²) < 4.78 is 0. The second-order valence-corrected chi connectivity index (χ2v) is 8.56. The molecule has 2 aromatic carbocycles. The molecule has 190 valence electrons. The van der Waals surface area contributed by atoms with E-state index in [0.29, 0.717) is 11.1 Å². The fourth-order valence-corrected chi connectivity index (χ4v) is 3.78. The van der Waals surface area contributed by atoms with Crippen LogP contribution in [0.4, 0.5) is 0 Å². The van der Waals surface area contributed by atoms with E-state index in [1.807, 2.05) is 0 Å². The van der Waals surface area contributed by atoms with Crippen LogP contribution in [-0.4, -0.2) is 48.0 Å². The van der Waals surface area contributed by atoms with Crippen LogP contribution in [0.2, 0.25) is 0 Å². The Morgan fingerprint density at radius 1 is 0.583 bits per heavy atom. The average molecular weight is 493 g/mol. The third-order valence-corrected chi connectivity index (χ3v) is 5.82. The molecule has 0 aromatic heterocycles. The molecule has 2 unspecified atom stereocenters. The van der Waals surface area contributed by atoms with E-state index in [-0.39, 0.29) is 73.7 Å². The van der Waals surface area contributed by atoms with E-state index < -0.39 is 11.8 Å². The first-order valence-corrected chi connectivity index (χ1v) is 11.9. The largest absolute Gasteiger partial charge is 0.354 e. The molecule has 2 amide bonds. The Morgan fingerprint density at radius 2 is 0.917 bits per heavy atom. The van der Waals surface area contributed by atoms with Gasteiger partial charge in [-0.2, -0.15) is 0 Å². The summed E-state index contributed by atoms with van der Waals surface area (Å²) in [6, 6.07) is 17.0. The lowest BCUT2D eigenvalue weighted by atomic mass is 9.90. The molecule has 0 saturated heterocycles. The van der Waals surface area contributed by atoms with E-state index in [0.717, 1.165) is 0 Å². The minimum absolute atomic E-state index is 0.00133. The molecular formula is C28H32N2O6. The lowest BCUT2D eigenvalue weighted by Gasteiger charge is -2.14. The molecule has 0 aliphatic heterocycles. The summed E-state index contributed by atoms with van der Waals surface area (Å²) in [5.41, 5.74) is 0.858. The van der Waals surface area contributed by atoms with E-state index in [1.54, 1.807) is 60.7 Å². The molecule has 0 fully saturated rings. The van der Waals surface area contributed by atoms with Crippen LogP contribution in [-0.2, 0) is 19.2 Å². The normalized spacial score (nSPS) is 12.2. The molecule has 2 N–H and O–H groups in total. The zero-order valence-electron chi connectivity index (χ0n) is 20.6. The van der Waals surface area contributed by atoms with Crippen molar-refractivity contribution in [1.82, 2.24) is 10.6 Å². The first-order chi connectivity index (χ1) is 17.2. The van der Waals surface area contributed by atoms with Crippen molar-refractivity contribution in [2.24, 2.45) is 11.8 Å². The van der Waals surface area contributed by atoms with Gasteiger partial charge in [0.15, 0.2) is 11.6 Å². The molecule has 0 heterocycles. The molecule has 2 rings (SSSR count). The van der Waals surface area contributed by atoms with Crippen LogP contribution in [0.1, 0.15) is 60.2 Å². The second kappa shape index (κ2) is 14.5. The number of amides is 2. The fraction of sp³-hybridized carbons (Fsp3) is 0.357. The number of rotatable bonds is 15. The highest BCUT2D eigenvalue weighted by Gasteiger charge is 2.26. The van der Waals surface area contributed by atoms with Crippen LogP contribution in [0.25, 0.3) is 0 Å². The molecule has 2 aromatic rings. The molecular weight excluding hydrogens is 460 g/mol. The number of hydrogen-bond acceptors (Lipinski definition) is 6. The van der Waals surface area contributed by atoms with E-state index in [4.69, 9.17) is 0 Å². The van der Waals surface area contributed by atoms with E-state index in [1.165, 1.54) is 13.8 Å². The minimum Gasteiger partial charge on any atom is -0.354 e. The Kier molecular flexibility index (Phi) is 11.4. The zero-order valence-corrected chi connectivity index (χ0v) is 20.6. The van der Waals surface area contributed by atoms with Gasteiger partial charge in [0.25, 0.3) is 0 Å². The van der Waals surface area contributed by atoms with E-state index in [2.05, 4.69) is 10.6 Å². The summed E-state index contributed by atoms with van der Waals surface area (Å²) in [4.78, 5) is 73.3.